The molecule has 4 nitrogen and oxygen atoms in total. The number of nitrogens with zero attached hydrogens (tertiary/aromatic N) is 3. The van der Waals surface area contributed by atoms with Crippen molar-refractivity contribution >= 4 is 27.4 Å². The molecular weight excluding hydrogens is 220 g/mol. The van der Waals surface area contributed by atoms with Crippen LogP contribution in [0.5, 0.6) is 0 Å². The van der Waals surface area contributed by atoms with Gasteiger partial charge in [0.05, 0.1) is 21.4 Å². The van der Waals surface area contributed by atoms with Crippen molar-refractivity contribution in [3.05, 3.63) is 29.8 Å². The van der Waals surface area contributed by atoms with Crippen LogP contribution in [0, 0.1) is 0 Å². The normalized spacial score (nSPS) is 11.1. The molecule has 0 atom stereocenters. The lowest BCUT2D eigenvalue weighted by molar-refractivity contribution is 0.782. The van der Waals surface area contributed by atoms with E-state index in [4.69, 9.17) is 5.73 Å². The van der Waals surface area contributed by atoms with Crippen LogP contribution in [0.4, 0.5) is 5.82 Å². The van der Waals surface area contributed by atoms with Crippen molar-refractivity contribution in [2.24, 2.45) is 7.05 Å². The molecule has 2 aromatic heterocycles. The summed E-state index contributed by atoms with van der Waals surface area (Å²) in [5.41, 5.74) is 10.6. The van der Waals surface area contributed by atoms with E-state index in [1.54, 1.807) is 16.0 Å². The number of benzene rings is 1. The van der Waals surface area contributed by atoms with Crippen molar-refractivity contribution in [3.8, 4) is 11.3 Å². The van der Waals surface area contributed by atoms with Gasteiger partial charge in [0, 0.05) is 18.7 Å². The van der Waals surface area contributed by atoms with Crippen molar-refractivity contribution in [2.75, 3.05) is 5.73 Å². The van der Waals surface area contributed by atoms with Crippen LogP contribution >= 0.6 is 11.3 Å². The molecule has 2 heterocycles. The van der Waals surface area contributed by atoms with Crippen molar-refractivity contribution in [3.63, 3.8) is 0 Å². The molecule has 1 aromatic carbocycles. The third kappa shape index (κ3) is 1.29. The van der Waals surface area contributed by atoms with Gasteiger partial charge in [0.15, 0.2) is 0 Å². The summed E-state index contributed by atoms with van der Waals surface area (Å²) in [5.74, 6) is 0.663. The van der Waals surface area contributed by atoms with E-state index in [9.17, 15) is 0 Å². The van der Waals surface area contributed by atoms with E-state index >= 15 is 0 Å². The Morgan fingerprint density at radius 2 is 2.25 bits per heavy atom. The molecule has 0 spiro atoms. The summed E-state index contributed by atoms with van der Waals surface area (Å²) in [6.07, 6.45) is 0. The number of fused-ring (bicyclic) bond motifs is 1. The molecule has 0 saturated carbocycles. The van der Waals surface area contributed by atoms with Crippen LogP contribution in [-0.2, 0) is 7.05 Å². The molecule has 0 aliphatic heterocycles. The Labute approximate surface area is 96.3 Å². The Balaban J connectivity index is 2.29. The van der Waals surface area contributed by atoms with E-state index in [0.717, 1.165) is 21.5 Å². The van der Waals surface area contributed by atoms with Crippen LogP contribution in [0.1, 0.15) is 0 Å². The molecule has 3 rings (SSSR count). The second kappa shape index (κ2) is 3.31. The summed E-state index contributed by atoms with van der Waals surface area (Å²) >= 11 is 1.62. The minimum absolute atomic E-state index is 0.663. The fraction of sp³-hybridized carbons (Fsp3) is 0.0909. The SMILES string of the molecule is Cn1nc(-c2cccc3ncsc23)cc1N. The lowest BCUT2D eigenvalue weighted by Crippen LogP contribution is -1.96. The number of nitrogen functional groups attached to an aromatic ring is 1. The Hall–Kier alpha value is -1.88. The first-order valence-electron chi connectivity index (χ1n) is 4.88. The number of nitrogens with two attached hydrogens (primary N) is 1. The molecule has 0 unspecified atom stereocenters. The lowest BCUT2D eigenvalue weighted by atomic mass is 10.1. The minimum Gasteiger partial charge on any atom is -0.384 e. The Morgan fingerprint density at radius 3 is 3.00 bits per heavy atom. The zero-order chi connectivity index (χ0) is 11.1. The predicted octanol–water partition coefficient (Wildman–Crippen LogP) is 2.28. The molecule has 0 aliphatic rings. The van der Waals surface area contributed by atoms with Crippen LogP contribution in [0.15, 0.2) is 29.8 Å². The van der Waals surface area contributed by atoms with Crippen LogP contribution in [-0.4, -0.2) is 14.8 Å². The highest BCUT2D eigenvalue weighted by atomic mass is 32.1. The summed E-state index contributed by atoms with van der Waals surface area (Å²) in [6.45, 7) is 0. The fourth-order valence-corrected chi connectivity index (χ4v) is 2.51. The molecule has 5 heteroatoms. The Morgan fingerprint density at radius 1 is 1.38 bits per heavy atom. The number of hydrogen-bond donors (Lipinski definition) is 1. The minimum atomic E-state index is 0.663. The standard InChI is InChI=1S/C11H10N4S/c1-15-10(12)5-9(14-15)7-3-2-4-8-11(7)16-6-13-8/h2-6H,12H2,1H3. The Bertz CT molecular complexity index is 633. The van der Waals surface area contributed by atoms with E-state index < -0.39 is 0 Å². The highest BCUT2D eigenvalue weighted by Crippen LogP contribution is 2.30. The van der Waals surface area contributed by atoms with Gasteiger partial charge in [0.2, 0.25) is 0 Å². The number of anilines is 1. The van der Waals surface area contributed by atoms with Gasteiger partial charge in [-0.05, 0) is 6.07 Å². The largest absolute Gasteiger partial charge is 0.384 e. The average Bonchev–Trinajstić information content (AvgIpc) is 2.85. The van der Waals surface area contributed by atoms with E-state index in [2.05, 4.69) is 10.1 Å². The fourth-order valence-electron chi connectivity index (χ4n) is 1.70. The van der Waals surface area contributed by atoms with Crippen molar-refractivity contribution < 1.29 is 0 Å². The molecule has 0 amide bonds. The van der Waals surface area contributed by atoms with E-state index in [1.165, 1.54) is 0 Å². The van der Waals surface area contributed by atoms with Gasteiger partial charge >= 0.3 is 0 Å². The first kappa shape index (κ1) is 9.35. The maximum atomic E-state index is 5.79. The van der Waals surface area contributed by atoms with E-state index in [0.29, 0.717) is 5.82 Å². The third-order valence-electron chi connectivity index (χ3n) is 2.55. The van der Waals surface area contributed by atoms with Gasteiger partial charge in [-0.25, -0.2) is 4.98 Å². The quantitative estimate of drug-likeness (QED) is 0.697. The number of aryl methyl sites for hydroxylation is 1. The van der Waals surface area contributed by atoms with Crippen LogP contribution in [0.2, 0.25) is 0 Å². The molecule has 0 radical (unpaired) electrons. The van der Waals surface area contributed by atoms with Crippen LogP contribution in [0.3, 0.4) is 0 Å². The molecule has 0 fully saturated rings. The van der Waals surface area contributed by atoms with Gasteiger partial charge in [0.25, 0.3) is 0 Å². The second-order valence-corrected chi connectivity index (χ2v) is 4.44. The second-order valence-electron chi connectivity index (χ2n) is 3.58. The summed E-state index contributed by atoms with van der Waals surface area (Å²) in [4.78, 5) is 4.29. The van der Waals surface area contributed by atoms with Gasteiger partial charge in [-0.1, -0.05) is 12.1 Å². The molecule has 0 aliphatic carbocycles. The smallest absolute Gasteiger partial charge is 0.121 e. The summed E-state index contributed by atoms with van der Waals surface area (Å²) in [6, 6.07) is 7.92. The molecule has 80 valence electrons. The molecule has 0 bridgehead atoms. The van der Waals surface area contributed by atoms with E-state index in [-0.39, 0.29) is 0 Å². The van der Waals surface area contributed by atoms with Gasteiger partial charge in [-0.3, -0.25) is 4.68 Å². The number of thiazole rings is 1. The maximum Gasteiger partial charge on any atom is 0.121 e. The molecule has 16 heavy (non-hydrogen) atoms. The Kier molecular flexibility index (Phi) is 1.94. The highest BCUT2D eigenvalue weighted by molar-refractivity contribution is 7.17. The van der Waals surface area contributed by atoms with Crippen molar-refractivity contribution in [1.29, 1.82) is 0 Å². The monoisotopic (exact) mass is 230 g/mol. The topological polar surface area (TPSA) is 56.7 Å². The van der Waals surface area contributed by atoms with Gasteiger partial charge < -0.3 is 5.73 Å². The third-order valence-corrected chi connectivity index (χ3v) is 3.42. The summed E-state index contributed by atoms with van der Waals surface area (Å²) < 4.78 is 2.83. The van der Waals surface area contributed by atoms with Gasteiger partial charge in [0.1, 0.15) is 5.82 Å². The average molecular weight is 230 g/mol. The van der Waals surface area contributed by atoms with Gasteiger partial charge in [-0.2, -0.15) is 5.10 Å². The molecule has 2 N–H and O–H groups in total. The lowest BCUT2D eigenvalue weighted by Gasteiger charge is -1.97. The zero-order valence-electron chi connectivity index (χ0n) is 8.71. The predicted molar refractivity (Wildman–Crippen MR) is 66.2 cm³/mol. The maximum absolute atomic E-state index is 5.79. The summed E-state index contributed by atoms with van der Waals surface area (Å²) in [5, 5.41) is 4.38. The van der Waals surface area contributed by atoms with Crippen LogP contribution < -0.4 is 5.73 Å². The van der Waals surface area contributed by atoms with Crippen molar-refractivity contribution in [1.82, 2.24) is 14.8 Å². The molecule has 0 saturated heterocycles. The summed E-state index contributed by atoms with van der Waals surface area (Å²) in [7, 11) is 1.84. The number of rotatable bonds is 1. The van der Waals surface area contributed by atoms with Crippen molar-refractivity contribution in [2.45, 2.75) is 0 Å². The van der Waals surface area contributed by atoms with Crippen LogP contribution in [0.25, 0.3) is 21.5 Å². The first-order valence-corrected chi connectivity index (χ1v) is 5.76. The molecule has 3 aromatic rings. The molecular formula is C11H10N4S. The zero-order valence-corrected chi connectivity index (χ0v) is 9.53. The number of hydrogen-bond acceptors (Lipinski definition) is 4. The highest BCUT2D eigenvalue weighted by Gasteiger charge is 2.09. The van der Waals surface area contributed by atoms with E-state index in [1.807, 2.05) is 36.8 Å². The van der Waals surface area contributed by atoms with Gasteiger partial charge in [-0.15, -0.1) is 11.3 Å². The first-order chi connectivity index (χ1) is 7.75. The number of aromatic nitrogens is 3.